The summed E-state index contributed by atoms with van der Waals surface area (Å²) in [4.78, 5) is 24.8. The average molecular weight is 293 g/mol. The summed E-state index contributed by atoms with van der Waals surface area (Å²) in [6, 6.07) is 8.93. The van der Waals surface area contributed by atoms with Crippen molar-refractivity contribution in [3.05, 3.63) is 35.9 Å². The van der Waals surface area contributed by atoms with Gasteiger partial charge in [-0.3, -0.25) is 0 Å². The Balaban J connectivity index is 2.24. The smallest absolute Gasteiger partial charge is 0.409 e. The highest BCUT2D eigenvalue weighted by atomic mass is 16.6. The van der Waals surface area contributed by atoms with Crippen LogP contribution in [0.15, 0.2) is 30.3 Å². The molecular formula is C16H23NO4. The van der Waals surface area contributed by atoms with Gasteiger partial charge in [-0.05, 0) is 38.8 Å². The van der Waals surface area contributed by atoms with E-state index in [1.165, 1.54) is 0 Å². The molecule has 0 spiro atoms. The van der Waals surface area contributed by atoms with Crippen LogP contribution in [0.2, 0.25) is 0 Å². The molecule has 0 aliphatic heterocycles. The van der Waals surface area contributed by atoms with E-state index >= 15 is 0 Å². The summed E-state index contributed by atoms with van der Waals surface area (Å²) < 4.78 is 10.1. The minimum Gasteiger partial charge on any atom is -0.462 e. The van der Waals surface area contributed by atoms with E-state index in [0.29, 0.717) is 25.2 Å². The first kappa shape index (κ1) is 17.0. The molecule has 5 nitrogen and oxygen atoms in total. The van der Waals surface area contributed by atoms with Gasteiger partial charge in [0.1, 0.15) is 0 Å². The van der Waals surface area contributed by atoms with Crippen LogP contribution in [0.4, 0.5) is 4.79 Å². The fourth-order valence-electron chi connectivity index (χ4n) is 1.80. The van der Waals surface area contributed by atoms with Crippen molar-refractivity contribution in [2.24, 2.45) is 0 Å². The van der Waals surface area contributed by atoms with Gasteiger partial charge in [0.2, 0.25) is 0 Å². The van der Waals surface area contributed by atoms with E-state index in [2.05, 4.69) is 0 Å². The summed E-state index contributed by atoms with van der Waals surface area (Å²) in [5.41, 5.74) is 0.550. The van der Waals surface area contributed by atoms with Gasteiger partial charge in [0.25, 0.3) is 0 Å². The predicted molar refractivity (Wildman–Crippen MR) is 80.2 cm³/mol. The maximum atomic E-state index is 11.7. The van der Waals surface area contributed by atoms with Crippen LogP contribution < -0.4 is 0 Å². The lowest BCUT2D eigenvalue weighted by molar-refractivity contribution is 0.0485. The Morgan fingerprint density at radius 1 is 1.19 bits per heavy atom. The molecule has 0 bridgehead atoms. The van der Waals surface area contributed by atoms with Gasteiger partial charge in [-0.15, -0.1) is 0 Å². The molecule has 1 atom stereocenters. The van der Waals surface area contributed by atoms with E-state index in [9.17, 15) is 9.59 Å². The summed E-state index contributed by atoms with van der Waals surface area (Å²) in [5, 5.41) is 0. The molecular weight excluding hydrogens is 270 g/mol. The Kier molecular flexibility index (Phi) is 7.29. The Hall–Kier alpha value is -2.04. The molecule has 0 heterocycles. The third-order valence-corrected chi connectivity index (χ3v) is 3.23. The van der Waals surface area contributed by atoms with Crippen LogP contribution in [0, 0.1) is 0 Å². The number of carbonyl (C=O) groups excluding carboxylic acids is 2. The molecule has 1 amide bonds. The first-order valence-electron chi connectivity index (χ1n) is 7.18. The van der Waals surface area contributed by atoms with E-state index < -0.39 is 0 Å². The van der Waals surface area contributed by atoms with Gasteiger partial charge in [-0.25, -0.2) is 9.59 Å². The quantitative estimate of drug-likeness (QED) is 0.572. The Morgan fingerprint density at radius 3 is 2.48 bits per heavy atom. The molecule has 0 saturated carbocycles. The lowest BCUT2D eigenvalue weighted by atomic mass is 10.2. The second kappa shape index (κ2) is 9.00. The van der Waals surface area contributed by atoms with E-state index in [4.69, 9.17) is 9.47 Å². The van der Waals surface area contributed by atoms with Crippen LogP contribution in [-0.4, -0.2) is 43.3 Å². The van der Waals surface area contributed by atoms with Gasteiger partial charge in [0.05, 0.1) is 18.8 Å². The Bertz CT molecular complexity index is 447. The third kappa shape index (κ3) is 5.85. The zero-order valence-electron chi connectivity index (χ0n) is 12.9. The van der Waals surface area contributed by atoms with Gasteiger partial charge < -0.3 is 14.4 Å². The highest BCUT2D eigenvalue weighted by Crippen LogP contribution is 2.07. The van der Waals surface area contributed by atoms with Crippen LogP contribution in [0.1, 0.15) is 37.0 Å². The zero-order valence-corrected chi connectivity index (χ0v) is 12.9. The van der Waals surface area contributed by atoms with Crippen LogP contribution in [0.3, 0.4) is 0 Å². The largest absolute Gasteiger partial charge is 0.462 e. The third-order valence-electron chi connectivity index (χ3n) is 3.23. The molecule has 1 aromatic rings. The molecule has 116 valence electrons. The SMILES string of the molecule is CCOC(=O)N(C)C(C)CCCOC(=O)c1ccccc1. The van der Waals surface area contributed by atoms with Crippen molar-refractivity contribution < 1.29 is 19.1 Å². The minimum atomic E-state index is -0.328. The van der Waals surface area contributed by atoms with Crippen LogP contribution in [0.5, 0.6) is 0 Å². The van der Waals surface area contributed by atoms with Crippen molar-refractivity contribution in [2.45, 2.75) is 32.7 Å². The topological polar surface area (TPSA) is 55.8 Å². The number of ether oxygens (including phenoxy) is 2. The summed E-state index contributed by atoms with van der Waals surface area (Å²) in [7, 11) is 1.71. The van der Waals surface area contributed by atoms with Crippen molar-refractivity contribution >= 4 is 12.1 Å². The average Bonchev–Trinajstić information content (AvgIpc) is 2.51. The number of carbonyl (C=O) groups is 2. The normalized spacial score (nSPS) is 11.6. The fraction of sp³-hybridized carbons (Fsp3) is 0.500. The number of esters is 1. The zero-order chi connectivity index (χ0) is 15.7. The van der Waals surface area contributed by atoms with Crippen LogP contribution in [-0.2, 0) is 9.47 Å². The van der Waals surface area contributed by atoms with Crippen molar-refractivity contribution in [3.8, 4) is 0 Å². The van der Waals surface area contributed by atoms with Crippen molar-refractivity contribution in [2.75, 3.05) is 20.3 Å². The highest BCUT2D eigenvalue weighted by Gasteiger charge is 2.16. The first-order valence-corrected chi connectivity index (χ1v) is 7.18. The second-order valence-corrected chi connectivity index (χ2v) is 4.80. The summed E-state index contributed by atoms with van der Waals surface area (Å²) in [5.74, 6) is -0.318. The Labute approximate surface area is 125 Å². The molecule has 0 radical (unpaired) electrons. The van der Waals surface area contributed by atoms with Crippen molar-refractivity contribution in [3.63, 3.8) is 0 Å². The Morgan fingerprint density at radius 2 is 1.86 bits per heavy atom. The molecule has 0 saturated heterocycles. The number of rotatable bonds is 7. The molecule has 0 fully saturated rings. The molecule has 5 heteroatoms. The lowest BCUT2D eigenvalue weighted by Crippen LogP contribution is -2.35. The number of amides is 1. The van der Waals surface area contributed by atoms with Crippen molar-refractivity contribution in [1.82, 2.24) is 4.90 Å². The number of nitrogens with zero attached hydrogens (tertiary/aromatic N) is 1. The minimum absolute atomic E-state index is 0.0412. The summed E-state index contributed by atoms with van der Waals surface area (Å²) in [6.07, 6.45) is 1.12. The molecule has 1 aromatic carbocycles. The number of benzene rings is 1. The van der Waals surface area contributed by atoms with E-state index in [1.807, 2.05) is 13.0 Å². The predicted octanol–water partition coefficient (Wildman–Crippen LogP) is 3.10. The van der Waals surface area contributed by atoms with Gasteiger partial charge in [0, 0.05) is 13.1 Å². The molecule has 0 aromatic heterocycles. The van der Waals surface area contributed by atoms with E-state index in [1.54, 1.807) is 43.1 Å². The molecule has 1 unspecified atom stereocenters. The second-order valence-electron chi connectivity index (χ2n) is 4.80. The van der Waals surface area contributed by atoms with Crippen LogP contribution >= 0.6 is 0 Å². The summed E-state index contributed by atoms with van der Waals surface area (Å²) in [6.45, 7) is 4.43. The van der Waals surface area contributed by atoms with Gasteiger partial charge in [-0.1, -0.05) is 18.2 Å². The standard InChI is InChI=1S/C16H23NO4/c1-4-20-16(19)17(3)13(2)9-8-12-21-15(18)14-10-6-5-7-11-14/h5-7,10-11,13H,4,8-9,12H2,1-3H3. The van der Waals surface area contributed by atoms with Gasteiger partial charge in [0.15, 0.2) is 0 Å². The first-order chi connectivity index (χ1) is 10.1. The molecule has 0 aliphatic carbocycles. The molecule has 21 heavy (non-hydrogen) atoms. The van der Waals surface area contributed by atoms with E-state index in [-0.39, 0.29) is 18.1 Å². The van der Waals surface area contributed by atoms with Gasteiger partial charge in [-0.2, -0.15) is 0 Å². The maximum absolute atomic E-state index is 11.7. The number of hydrogen-bond acceptors (Lipinski definition) is 4. The lowest BCUT2D eigenvalue weighted by Gasteiger charge is -2.23. The molecule has 1 rings (SSSR count). The maximum Gasteiger partial charge on any atom is 0.409 e. The van der Waals surface area contributed by atoms with Gasteiger partial charge >= 0.3 is 12.1 Å². The highest BCUT2D eigenvalue weighted by molar-refractivity contribution is 5.89. The van der Waals surface area contributed by atoms with E-state index in [0.717, 1.165) is 6.42 Å². The van der Waals surface area contributed by atoms with Crippen molar-refractivity contribution in [1.29, 1.82) is 0 Å². The fourth-order valence-corrected chi connectivity index (χ4v) is 1.80. The summed E-state index contributed by atoms with van der Waals surface area (Å²) >= 11 is 0. The van der Waals surface area contributed by atoms with Crippen LogP contribution in [0.25, 0.3) is 0 Å². The monoisotopic (exact) mass is 293 g/mol. The molecule has 0 aliphatic rings. The molecule has 0 N–H and O–H groups in total. The number of hydrogen-bond donors (Lipinski definition) is 0.